The number of carbonyl (C=O) groups is 3. The van der Waals surface area contributed by atoms with Gasteiger partial charge in [0, 0.05) is 47.2 Å². The number of ether oxygens (including phenoxy) is 1. The highest BCUT2D eigenvalue weighted by molar-refractivity contribution is 6.72. The molecule has 0 unspecified atom stereocenters. The van der Waals surface area contributed by atoms with E-state index in [0.29, 0.717) is 55.2 Å². The average molecular weight is 776 g/mol. The average Bonchev–Trinajstić information content (AvgIpc) is 3.75. The lowest BCUT2D eigenvalue weighted by Crippen LogP contribution is -2.55. The van der Waals surface area contributed by atoms with Gasteiger partial charge in [0.1, 0.15) is 5.54 Å². The molecule has 4 atom stereocenters. The van der Waals surface area contributed by atoms with E-state index in [0.717, 1.165) is 11.3 Å². The van der Waals surface area contributed by atoms with Crippen molar-refractivity contribution >= 4 is 48.9 Å². The molecule has 3 amide bonds. The number of halogens is 1. The minimum atomic E-state index is -3.61. The Morgan fingerprint density at radius 1 is 0.893 bits per heavy atom. The van der Waals surface area contributed by atoms with Crippen LogP contribution < -0.4 is 20.0 Å². The zero-order valence-corrected chi connectivity index (χ0v) is 33.2. The van der Waals surface area contributed by atoms with Gasteiger partial charge in [0.15, 0.2) is 5.60 Å². The maximum absolute atomic E-state index is 16.8. The molecular formula is C44H50FN5O5Si. The van der Waals surface area contributed by atoms with Crippen molar-refractivity contribution in [1.29, 1.82) is 0 Å². The third-order valence-corrected chi connectivity index (χ3v) is 14.9. The van der Waals surface area contributed by atoms with Crippen molar-refractivity contribution in [2.45, 2.75) is 68.6 Å². The van der Waals surface area contributed by atoms with Crippen LogP contribution in [0.4, 0.5) is 26.9 Å². The Morgan fingerprint density at radius 2 is 1.52 bits per heavy atom. The van der Waals surface area contributed by atoms with Gasteiger partial charge in [0.2, 0.25) is 14.3 Å². The van der Waals surface area contributed by atoms with Gasteiger partial charge in [-0.1, -0.05) is 73.7 Å². The van der Waals surface area contributed by atoms with Gasteiger partial charge in [0.05, 0.1) is 31.5 Å². The van der Waals surface area contributed by atoms with E-state index in [2.05, 4.69) is 10.2 Å². The van der Waals surface area contributed by atoms with Gasteiger partial charge in [-0.05, 0) is 87.1 Å². The maximum Gasteiger partial charge on any atom is 0.268 e. The lowest BCUT2D eigenvalue weighted by Gasteiger charge is -2.39. The van der Waals surface area contributed by atoms with Crippen molar-refractivity contribution in [1.82, 2.24) is 10.2 Å². The minimum Gasteiger partial charge on any atom is -0.395 e. The Bertz CT molecular complexity index is 2080. The van der Waals surface area contributed by atoms with Gasteiger partial charge in [0.25, 0.3) is 11.8 Å². The van der Waals surface area contributed by atoms with Gasteiger partial charge < -0.3 is 29.1 Å². The number of benzene rings is 4. The second kappa shape index (κ2) is 14.9. The number of nitrogens with one attached hydrogen (secondary N) is 1. The summed E-state index contributed by atoms with van der Waals surface area (Å²) in [5, 5.41) is 13.3. The summed E-state index contributed by atoms with van der Waals surface area (Å²) in [6, 6.07) is 34.5. The van der Waals surface area contributed by atoms with Gasteiger partial charge in [-0.3, -0.25) is 24.2 Å². The van der Waals surface area contributed by atoms with Crippen LogP contribution in [0.5, 0.6) is 0 Å². The highest BCUT2D eigenvalue weighted by Crippen LogP contribution is 2.62. The van der Waals surface area contributed by atoms with Crippen LogP contribution in [0, 0.1) is 5.92 Å². The molecule has 2 N–H and O–H groups in total. The molecule has 10 nitrogen and oxygen atoms in total. The number of piperidine rings is 1. The Kier molecular flexibility index (Phi) is 10.1. The number of aliphatic hydroxyl groups excluding tert-OH is 1. The fraction of sp³-hybridized carbons (Fsp3) is 0.386. The second-order valence-electron chi connectivity index (χ2n) is 16.1. The predicted octanol–water partition coefficient (Wildman–Crippen LogP) is 6.48. The number of hydrogen-bond acceptors (Lipinski definition) is 7. The number of anilines is 4. The van der Waals surface area contributed by atoms with E-state index in [1.165, 1.54) is 0 Å². The first-order valence-electron chi connectivity index (χ1n) is 19.7. The molecule has 8 rings (SSSR count). The molecule has 3 saturated heterocycles. The number of fused-ring (bicyclic) bond motifs is 2. The predicted molar refractivity (Wildman–Crippen MR) is 218 cm³/mol. The molecule has 3 fully saturated rings. The SMILES string of the molecule is C[C@@H]1[C@@H]([Si](C)(C)F)[C@H](CC(=O)N(CCO)Cc2ccccc2)O[C@@]12C(=O)N(c1ccccc1)c1ccc(N3CN(c4ccccc4)C4(CCNCC4)C3=O)cc12. The fourth-order valence-electron chi connectivity index (χ4n) is 9.85. The fourth-order valence-corrected chi connectivity index (χ4v) is 12.3. The van der Waals surface area contributed by atoms with Gasteiger partial charge in [-0.25, -0.2) is 0 Å². The molecule has 4 aromatic carbocycles. The monoisotopic (exact) mass is 775 g/mol. The number of carbonyl (C=O) groups excluding carboxylic acids is 3. The summed E-state index contributed by atoms with van der Waals surface area (Å²) in [5.41, 5.74) is 1.26. The first kappa shape index (κ1) is 38.0. The Hall–Kier alpha value is -4.88. The molecule has 56 heavy (non-hydrogen) atoms. The summed E-state index contributed by atoms with van der Waals surface area (Å²) in [4.78, 5) is 51.3. The van der Waals surface area contributed by atoms with Crippen LogP contribution in [0.15, 0.2) is 109 Å². The summed E-state index contributed by atoms with van der Waals surface area (Å²) >= 11 is 0. The highest BCUT2D eigenvalue weighted by atomic mass is 28.4. The Balaban J connectivity index is 1.21. The molecule has 4 aliphatic heterocycles. The van der Waals surface area contributed by atoms with Crippen LogP contribution in [-0.4, -0.2) is 80.7 Å². The summed E-state index contributed by atoms with van der Waals surface area (Å²) in [6.45, 7) is 7.04. The summed E-state index contributed by atoms with van der Waals surface area (Å²) in [7, 11) is -3.61. The molecule has 4 aromatic rings. The van der Waals surface area contributed by atoms with Crippen LogP contribution in [0.25, 0.3) is 0 Å². The van der Waals surface area contributed by atoms with Gasteiger partial charge in [-0.2, -0.15) is 0 Å². The minimum absolute atomic E-state index is 0.00233. The van der Waals surface area contributed by atoms with Crippen LogP contribution in [0.1, 0.15) is 37.3 Å². The van der Waals surface area contributed by atoms with Crippen molar-refractivity contribution in [3.63, 3.8) is 0 Å². The summed E-state index contributed by atoms with van der Waals surface area (Å²) in [5.74, 6) is -1.27. The zero-order valence-electron chi connectivity index (χ0n) is 32.2. The number of hydrogen-bond donors (Lipinski definition) is 2. The number of amides is 3. The van der Waals surface area contributed by atoms with Gasteiger partial charge in [-0.15, -0.1) is 0 Å². The van der Waals surface area contributed by atoms with Crippen molar-refractivity contribution in [2.24, 2.45) is 5.92 Å². The molecule has 0 bridgehead atoms. The van der Waals surface area contributed by atoms with Crippen LogP contribution in [0.3, 0.4) is 0 Å². The second-order valence-corrected chi connectivity index (χ2v) is 19.9. The molecular weight excluding hydrogens is 726 g/mol. The highest BCUT2D eigenvalue weighted by Gasteiger charge is 2.67. The van der Waals surface area contributed by atoms with E-state index >= 15 is 8.90 Å². The van der Waals surface area contributed by atoms with E-state index in [1.807, 2.05) is 121 Å². The third kappa shape index (κ3) is 6.32. The molecule has 4 aliphatic rings. The molecule has 12 heteroatoms. The molecule has 0 aromatic heterocycles. The molecule has 292 valence electrons. The van der Waals surface area contributed by atoms with E-state index in [-0.39, 0.29) is 43.8 Å². The van der Waals surface area contributed by atoms with Crippen LogP contribution in [-0.2, 0) is 31.3 Å². The van der Waals surface area contributed by atoms with Crippen LogP contribution in [0.2, 0.25) is 18.6 Å². The summed E-state index contributed by atoms with van der Waals surface area (Å²) in [6.07, 6.45) is 0.248. The lowest BCUT2D eigenvalue weighted by molar-refractivity contribution is -0.149. The van der Waals surface area contributed by atoms with E-state index in [4.69, 9.17) is 4.74 Å². The van der Waals surface area contributed by atoms with E-state index in [9.17, 15) is 14.7 Å². The van der Waals surface area contributed by atoms with E-state index in [1.54, 1.807) is 22.9 Å². The maximum atomic E-state index is 16.8. The molecule has 0 saturated carbocycles. The van der Waals surface area contributed by atoms with E-state index < -0.39 is 37.1 Å². The number of rotatable bonds is 10. The first-order valence-corrected chi connectivity index (χ1v) is 22.6. The Morgan fingerprint density at radius 3 is 2.14 bits per heavy atom. The topological polar surface area (TPSA) is 106 Å². The normalized spacial score (nSPS) is 24.4. The Labute approximate surface area is 329 Å². The lowest BCUT2D eigenvalue weighted by atomic mass is 9.82. The molecule has 0 radical (unpaired) electrons. The third-order valence-electron chi connectivity index (χ3n) is 12.4. The largest absolute Gasteiger partial charge is 0.395 e. The van der Waals surface area contributed by atoms with Crippen molar-refractivity contribution in [2.75, 3.05) is 47.6 Å². The number of aliphatic hydroxyl groups is 1. The molecule has 4 heterocycles. The summed E-state index contributed by atoms with van der Waals surface area (Å²) < 4.78 is 23.8. The molecule has 2 spiro atoms. The number of nitrogens with zero attached hydrogens (tertiary/aromatic N) is 4. The number of para-hydroxylation sites is 2. The molecule has 0 aliphatic carbocycles. The van der Waals surface area contributed by atoms with Gasteiger partial charge >= 0.3 is 0 Å². The van der Waals surface area contributed by atoms with Crippen LogP contribution >= 0.6 is 0 Å². The smallest absolute Gasteiger partial charge is 0.268 e. The zero-order chi connectivity index (χ0) is 39.2. The quantitative estimate of drug-likeness (QED) is 0.140. The van der Waals surface area contributed by atoms with Crippen molar-refractivity contribution in [3.8, 4) is 0 Å². The van der Waals surface area contributed by atoms with Crippen molar-refractivity contribution < 1.29 is 28.3 Å². The van der Waals surface area contributed by atoms with Crippen molar-refractivity contribution in [3.05, 3.63) is 120 Å². The first-order chi connectivity index (χ1) is 27.0. The standard InChI is InChI=1S/C44H50FN5O5Si/c1-31-40(56(2,3)45)38(28-39(52)47(25-26-51)29-32-13-7-4-8-14-32)55-44(31)36-27-35(19-20-37(36)50(42(44)54)34-17-11-6-12-18-34)48-30-49(33-15-9-5-10-16-33)43(41(48)53)21-23-46-24-22-43/h4-20,27,31,38,40,46,51H,21-26,28-30H2,1-3H3/t31-,38+,40-,44+/m1/s1.